The lowest BCUT2D eigenvalue weighted by molar-refractivity contribution is 0.687. The van der Waals surface area contributed by atoms with Crippen LogP contribution in [-0.4, -0.2) is 0 Å². The number of benzene rings is 2. The molecule has 0 aromatic heterocycles. The molecule has 2 aromatic rings. The topological polar surface area (TPSA) is 23.8 Å². The van der Waals surface area contributed by atoms with E-state index in [1.54, 1.807) is 0 Å². The van der Waals surface area contributed by atoms with Crippen LogP contribution in [0.4, 0.5) is 0 Å². The largest absolute Gasteiger partial charge is 0.198 e. The van der Waals surface area contributed by atoms with Gasteiger partial charge in [0.25, 0.3) is 0 Å². The highest BCUT2D eigenvalue weighted by Gasteiger charge is 2.19. The second kappa shape index (κ2) is 5.32. The molecular weight excluding hydrogens is 206 g/mol. The lowest BCUT2D eigenvalue weighted by Crippen LogP contribution is -2.06. The van der Waals surface area contributed by atoms with Gasteiger partial charge in [-0.25, -0.2) is 0 Å². The summed E-state index contributed by atoms with van der Waals surface area (Å²) >= 11 is 0. The maximum Gasteiger partial charge on any atom is 0.0778 e. The van der Waals surface area contributed by atoms with Crippen molar-refractivity contribution >= 4 is 0 Å². The monoisotopic (exact) mass is 221 g/mol. The Hall–Kier alpha value is -2.07. The van der Waals surface area contributed by atoms with Gasteiger partial charge in [-0.3, -0.25) is 0 Å². The number of nitrogens with zero attached hydrogens (tertiary/aromatic N) is 1. The molecule has 0 unspecified atom stereocenters. The number of nitriles is 1. The Morgan fingerprint density at radius 1 is 0.824 bits per heavy atom. The summed E-state index contributed by atoms with van der Waals surface area (Å²) in [6.45, 7) is 2.11. The Bertz CT molecular complexity index is 496. The molecule has 1 heteroatoms. The van der Waals surface area contributed by atoms with Crippen molar-refractivity contribution in [2.75, 3.05) is 0 Å². The van der Waals surface area contributed by atoms with E-state index in [2.05, 4.69) is 25.1 Å². The maximum atomic E-state index is 9.36. The third-order valence-corrected chi connectivity index (χ3v) is 3.12. The normalized spacial score (nSPS) is 13.6. The zero-order valence-corrected chi connectivity index (χ0v) is 9.88. The lowest BCUT2D eigenvalue weighted by Gasteiger charge is -2.18. The summed E-state index contributed by atoms with van der Waals surface area (Å²) < 4.78 is 0. The SMILES string of the molecule is C[C@H](c1ccccc1)[C@H](C#N)c1ccccc1. The molecule has 0 saturated heterocycles. The molecule has 1 nitrogen and oxygen atoms in total. The van der Waals surface area contributed by atoms with Gasteiger partial charge < -0.3 is 0 Å². The number of hydrogen-bond donors (Lipinski definition) is 0. The molecule has 0 aliphatic carbocycles. The Kier molecular flexibility index (Phi) is 3.57. The van der Waals surface area contributed by atoms with Crippen molar-refractivity contribution in [3.63, 3.8) is 0 Å². The van der Waals surface area contributed by atoms with E-state index in [1.807, 2.05) is 48.5 Å². The minimum absolute atomic E-state index is 0.0846. The summed E-state index contributed by atoms with van der Waals surface area (Å²) in [5.41, 5.74) is 2.30. The molecule has 2 aromatic carbocycles. The second-order valence-electron chi connectivity index (χ2n) is 4.22. The van der Waals surface area contributed by atoms with Gasteiger partial charge in [-0.2, -0.15) is 5.26 Å². The lowest BCUT2D eigenvalue weighted by atomic mass is 9.84. The zero-order valence-electron chi connectivity index (χ0n) is 9.88. The van der Waals surface area contributed by atoms with Crippen molar-refractivity contribution in [2.24, 2.45) is 0 Å². The Labute approximate surface area is 102 Å². The summed E-state index contributed by atoms with van der Waals surface area (Å²) in [5, 5.41) is 9.36. The summed E-state index contributed by atoms with van der Waals surface area (Å²) in [6, 6.07) is 22.6. The minimum atomic E-state index is -0.0846. The Morgan fingerprint density at radius 3 is 1.76 bits per heavy atom. The molecule has 0 bridgehead atoms. The van der Waals surface area contributed by atoms with Crippen LogP contribution in [-0.2, 0) is 0 Å². The Balaban J connectivity index is 2.30. The first-order valence-electron chi connectivity index (χ1n) is 5.82. The van der Waals surface area contributed by atoms with Gasteiger partial charge in [0, 0.05) is 5.92 Å². The van der Waals surface area contributed by atoms with Crippen molar-refractivity contribution in [1.82, 2.24) is 0 Å². The van der Waals surface area contributed by atoms with Crippen LogP contribution in [0.15, 0.2) is 60.7 Å². The molecule has 17 heavy (non-hydrogen) atoms. The molecule has 0 heterocycles. The predicted octanol–water partition coefficient (Wildman–Crippen LogP) is 4.10. The first-order chi connectivity index (χ1) is 8.33. The standard InChI is InChI=1S/C16H15N/c1-13(14-8-4-2-5-9-14)16(12-17)15-10-6-3-7-11-15/h2-11,13,16H,1H3/t13-,16+/m1/s1. The highest BCUT2D eigenvalue weighted by atomic mass is 14.3. The molecule has 0 amide bonds. The quantitative estimate of drug-likeness (QED) is 0.765. The molecule has 0 radical (unpaired) electrons. The van der Waals surface area contributed by atoms with Gasteiger partial charge >= 0.3 is 0 Å². The van der Waals surface area contributed by atoms with Crippen molar-refractivity contribution in [3.05, 3.63) is 71.8 Å². The molecule has 2 atom stereocenters. The van der Waals surface area contributed by atoms with Crippen LogP contribution in [0.5, 0.6) is 0 Å². The van der Waals surface area contributed by atoms with Crippen molar-refractivity contribution in [2.45, 2.75) is 18.8 Å². The van der Waals surface area contributed by atoms with E-state index in [-0.39, 0.29) is 11.8 Å². The fraction of sp³-hybridized carbons (Fsp3) is 0.188. The number of rotatable bonds is 3. The third-order valence-electron chi connectivity index (χ3n) is 3.12. The zero-order chi connectivity index (χ0) is 12.1. The van der Waals surface area contributed by atoms with E-state index < -0.39 is 0 Å². The van der Waals surface area contributed by atoms with Gasteiger partial charge in [-0.15, -0.1) is 0 Å². The highest BCUT2D eigenvalue weighted by molar-refractivity contribution is 5.32. The van der Waals surface area contributed by atoms with Gasteiger partial charge in [-0.1, -0.05) is 67.6 Å². The number of hydrogen-bond acceptors (Lipinski definition) is 1. The van der Waals surface area contributed by atoms with Crippen molar-refractivity contribution in [1.29, 1.82) is 5.26 Å². The predicted molar refractivity (Wildman–Crippen MR) is 69.7 cm³/mol. The highest BCUT2D eigenvalue weighted by Crippen LogP contribution is 2.31. The van der Waals surface area contributed by atoms with E-state index in [9.17, 15) is 5.26 Å². The molecule has 0 aliphatic rings. The maximum absolute atomic E-state index is 9.36. The molecule has 0 spiro atoms. The van der Waals surface area contributed by atoms with Crippen LogP contribution < -0.4 is 0 Å². The van der Waals surface area contributed by atoms with Gasteiger partial charge in [0.1, 0.15) is 0 Å². The van der Waals surface area contributed by atoms with E-state index in [4.69, 9.17) is 0 Å². The molecule has 0 saturated carbocycles. The van der Waals surface area contributed by atoms with Gasteiger partial charge in [-0.05, 0) is 11.1 Å². The Morgan fingerprint density at radius 2 is 1.29 bits per heavy atom. The molecule has 0 fully saturated rings. The van der Waals surface area contributed by atoms with Gasteiger partial charge in [0.05, 0.1) is 12.0 Å². The fourth-order valence-electron chi connectivity index (χ4n) is 2.08. The van der Waals surface area contributed by atoms with Gasteiger partial charge in [0.2, 0.25) is 0 Å². The molecule has 0 aliphatic heterocycles. The van der Waals surface area contributed by atoms with Crippen LogP contribution in [0.25, 0.3) is 0 Å². The van der Waals surface area contributed by atoms with Gasteiger partial charge in [0.15, 0.2) is 0 Å². The van der Waals surface area contributed by atoms with E-state index in [0.717, 1.165) is 5.56 Å². The minimum Gasteiger partial charge on any atom is -0.198 e. The average Bonchev–Trinajstić information content (AvgIpc) is 2.42. The summed E-state index contributed by atoms with van der Waals surface area (Å²) in [4.78, 5) is 0. The molecule has 84 valence electrons. The average molecular weight is 221 g/mol. The molecular formula is C16H15N. The summed E-state index contributed by atoms with van der Waals surface area (Å²) in [7, 11) is 0. The smallest absolute Gasteiger partial charge is 0.0778 e. The van der Waals surface area contributed by atoms with Crippen molar-refractivity contribution in [3.8, 4) is 6.07 Å². The summed E-state index contributed by atoms with van der Waals surface area (Å²) in [6.07, 6.45) is 0. The van der Waals surface area contributed by atoms with Crippen LogP contribution in [0.3, 0.4) is 0 Å². The first kappa shape index (κ1) is 11.4. The van der Waals surface area contributed by atoms with E-state index in [0.29, 0.717) is 0 Å². The van der Waals surface area contributed by atoms with Crippen LogP contribution >= 0.6 is 0 Å². The molecule has 2 rings (SSSR count). The van der Waals surface area contributed by atoms with E-state index in [1.165, 1.54) is 5.56 Å². The summed E-state index contributed by atoms with van der Waals surface area (Å²) in [5.74, 6) is 0.127. The second-order valence-corrected chi connectivity index (χ2v) is 4.22. The van der Waals surface area contributed by atoms with Crippen LogP contribution in [0.2, 0.25) is 0 Å². The first-order valence-corrected chi connectivity index (χ1v) is 5.82. The fourth-order valence-corrected chi connectivity index (χ4v) is 2.08. The van der Waals surface area contributed by atoms with E-state index >= 15 is 0 Å². The van der Waals surface area contributed by atoms with Crippen LogP contribution in [0.1, 0.15) is 29.9 Å². The molecule has 0 N–H and O–H groups in total. The van der Waals surface area contributed by atoms with Crippen molar-refractivity contribution < 1.29 is 0 Å². The third kappa shape index (κ3) is 2.54. The van der Waals surface area contributed by atoms with Crippen LogP contribution in [0, 0.1) is 11.3 Å².